The van der Waals surface area contributed by atoms with Crippen LogP contribution in [-0.4, -0.2) is 22.2 Å². The molecule has 1 fully saturated rings. The lowest BCUT2D eigenvalue weighted by Crippen LogP contribution is -2.37. The molecule has 1 amide bonds. The topological polar surface area (TPSA) is 69.6 Å². The molecule has 0 saturated heterocycles. The van der Waals surface area contributed by atoms with Gasteiger partial charge < -0.3 is 15.5 Å². The number of hydrogen-bond donors (Lipinski definition) is 3. The van der Waals surface area contributed by atoms with E-state index in [0.717, 1.165) is 31.6 Å². The van der Waals surface area contributed by atoms with E-state index in [1.807, 2.05) is 0 Å². The lowest BCUT2D eigenvalue weighted by atomic mass is 9.83. The predicted octanol–water partition coefficient (Wildman–Crippen LogP) is 3.19. The summed E-state index contributed by atoms with van der Waals surface area (Å²) >= 11 is 0. The molecule has 1 saturated carbocycles. The van der Waals surface area contributed by atoms with E-state index in [2.05, 4.69) is 12.2 Å². The molecule has 2 rings (SSSR count). The van der Waals surface area contributed by atoms with Crippen molar-refractivity contribution in [3.63, 3.8) is 0 Å². The Morgan fingerprint density at radius 2 is 1.95 bits per heavy atom. The first-order valence-electron chi connectivity index (χ1n) is 7.43. The number of carbonyl (C=O) groups is 1. The number of aromatic hydroxyl groups is 2. The molecular formula is C16H23NO3. The molecule has 0 spiro atoms. The Hall–Kier alpha value is -1.71. The van der Waals surface area contributed by atoms with E-state index < -0.39 is 0 Å². The van der Waals surface area contributed by atoms with Crippen LogP contribution in [0.1, 0.15) is 55.8 Å². The zero-order valence-corrected chi connectivity index (χ0v) is 11.9. The minimum absolute atomic E-state index is 0.0143. The Morgan fingerprint density at radius 3 is 2.60 bits per heavy atom. The predicted molar refractivity (Wildman–Crippen MR) is 77.9 cm³/mol. The van der Waals surface area contributed by atoms with Crippen LogP contribution < -0.4 is 5.32 Å². The molecule has 4 heteroatoms. The van der Waals surface area contributed by atoms with Crippen LogP contribution in [-0.2, 0) is 0 Å². The average Bonchev–Trinajstić information content (AvgIpc) is 2.44. The molecule has 1 aromatic carbocycles. The van der Waals surface area contributed by atoms with Crippen molar-refractivity contribution < 1.29 is 15.0 Å². The lowest BCUT2D eigenvalue weighted by molar-refractivity contribution is 0.0918. The highest BCUT2D eigenvalue weighted by Gasteiger charge is 2.23. The van der Waals surface area contributed by atoms with Crippen molar-refractivity contribution in [3.05, 3.63) is 23.8 Å². The van der Waals surface area contributed by atoms with Gasteiger partial charge in [0.2, 0.25) is 0 Å². The second kappa shape index (κ2) is 6.64. The summed E-state index contributed by atoms with van der Waals surface area (Å²) in [4.78, 5) is 12.1. The first-order valence-corrected chi connectivity index (χ1v) is 7.43. The van der Waals surface area contributed by atoms with Crippen molar-refractivity contribution in [2.75, 3.05) is 0 Å². The summed E-state index contributed by atoms with van der Waals surface area (Å²) in [6.07, 6.45) is 6.80. The summed E-state index contributed by atoms with van der Waals surface area (Å²) < 4.78 is 0. The zero-order valence-electron chi connectivity index (χ0n) is 11.9. The van der Waals surface area contributed by atoms with Crippen LogP contribution in [0.25, 0.3) is 0 Å². The third kappa shape index (κ3) is 3.65. The monoisotopic (exact) mass is 277 g/mol. The third-order valence-electron chi connectivity index (χ3n) is 4.10. The highest BCUT2D eigenvalue weighted by Crippen LogP contribution is 2.28. The molecule has 0 atom stereocenters. The van der Waals surface area contributed by atoms with E-state index in [1.54, 1.807) is 0 Å². The van der Waals surface area contributed by atoms with E-state index in [0.29, 0.717) is 0 Å². The molecule has 3 N–H and O–H groups in total. The molecule has 1 aromatic rings. The molecule has 1 aliphatic rings. The number of nitrogens with one attached hydrogen (secondary N) is 1. The van der Waals surface area contributed by atoms with Gasteiger partial charge in [0.05, 0.1) is 5.56 Å². The number of phenolic OH excluding ortho intramolecular Hbond substituents is 2. The number of amides is 1. The average molecular weight is 277 g/mol. The van der Waals surface area contributed by atoms with Crippen molar-refractivity contribution in [2.24, 2.45) is 5.92 Å². The maximum atomic E-state index is 12.1. The molecular weight excluding hydrogens is 254 g/mol. The summed E-state index contributed by atoms with van der Waals surface area (Å²) in [6, 6.07) is 4.18. The second-order valence-electron chi connectivity index (χ2n) is 5.68. The Labute approximate surface area is 119 Å². The highest BCUT2D eigenvalue weighted by molar-refractivity contribution is 5.97. The van der Waals surface area contributed by atoms with E-state index in [1.165, 1.54) is 31.0 Å². The number of hydrogen-bond acceptors (Lipinski definition) is 3. The molecule has 0 unspecified atom stereocenters. The van der Waals surface area contributed by atoms with Gasteiger partial charge in [-0.3, -0.25) is 4.79 Å². The van der Waals surface area contributed by atoms with Gasteiger partial charge in [0, 0.05) is 6.04 Å². The largest absolute Gasteiger partial charge is 0.508 e. The van der Waals surface area contributed by atoms with Crippen molar-refractivity contribution >= 4 is 5.91 Å². The number of rotatable bonds is 4. The van der Waals surface area contributed by atoms with Crippen molar-refractivity contribution in [1.29, 1.82) is 0 Å². The molecule has 4 nitrogen and oxygen atoms in total. The Morgan fingerprint density at radius 1 is 1.25 bits per heavy atom. The van der Waals surface area contributed by atoms with Gasteiger partial charge in [-0.1, -0.05) is 19.8 Å². The maximum Gasteiger partial charge on any atom is 0.255 e. The van der Waals surface area contributed by atoms with Crippen LogP contribution >= 0.6 is 0 Å². The van der Waals surface area contributed by atoms with Crippen LogP contribution in [0.15, 0.2) is 18.2 Å². The van der Waals surface area contributed by atoms with Crippen molar-refractivity contribution in [3.8, 4) is 11.5 Å². The number of benzene rings is 1. The summed E-state index contributed by atoms with van der Waals surface area (Å²) in [6.45, 7) is 2.21. The molecule has 0 bridgehead atoms. The Balaban J connectivity index is 1.91. The SMILES string of the molecule is CCCC1CCC(NC(=O)c2cc(O)ccc2O)CC1. The fraction of sp³-hybridized carbons (Fsp3) is 0.562. The minimum Gasteiger partial charge on any atom is -0.508 e. The Bertz CT molecular complexity index is 465. The normalized spacial score (nSPS) is 22.4. The minimum atomic E-state index is -0.308. The van der Waals surface area contributed by atoms with E-state index in [9.17, 15) is 15.0 Å². The number of carbonyl (C=O) groups excluding carboxylic acids is 1. The summed E-state index contributed by atoms with van der Waals surface area (Å²) in [5.74, 6) is 0.374. The van der Waals surface area contributed by atoms with Crippen LogP contribution in [0.3, 0.4) is 0 Å². The van der Waals surface area contributed by atoms with Crippen LogP contribution in [0.2, 0.25) is 0 Å². The summed E-state index contributed by atoms with van der Waals surface area (Å²) in [7, 11) is 0. The van der Waals surface area contributed by atoms with Crippen LogP contribution in [0.5, 0.6) is 11.5 Å². The molecule has 110 valence electrons. The van der Waals surface area contributed by atoms with Gasteiger partial charge >= 0.3 is 0 Å². The molecule has 0 aromatic heterocycles. The van der Waals surface area contributed by atoms with Crippen molar-refractivity contribution in [1.82, 2.24) is 5.32 Å². The smallest absolute Gasteiger partial charge is 0.255 e. The number of phenols is 2. The van der Waals surface area contributed by atoms with E-state index >= 15 is 0 Å². The van der Waals surface area contributed by atoms with Crippen molar-refractivity contribution in [2.45, 2.75) is 51.5 Å². The molecule has 0 aliphatic heterocycles. The lowest BCUT2D eigenvalue weighted by Gasteiger charge is -2.29. The first kappa shape index (κ1) is 14.7. The fourth-order valence-corrected chi connectivity index (χ4v) is 2.97. The highest BCUT2D eigenvalue weighted by atomic mass is 16.3. The van der Waals surface area contributed by atoms with Crippen LogP contribution in [0.4, 0.5) is 0 Å². The van der Waals surface area contributed by atoms with Gasteiger partial charge in [-0.05, 0) is 49.8 Å². The third-order valence-corrected chi connectivity index (χ3v) is 4.10. The van der Waals surface area contributed by atoms with Gasteiger partial charge in [-0.15, -0.1) is 0 Å². The summed E-state index contributed by atoms with van der Waals surface area (Å²) in [5.41, 5.74) is 0.140. The molecule has 0 radical (unpaired) electrons. The molecule has 1 aliphatic carbocycles. The van der Waals surface area contributed by atoms with E-state index in [-0.39, 0.29) is 29.0 Å². The fourth-order valence-electron chi connectivity index (χ4n) is 2.97. The van der Waals surface area contributed by atoms with Gasteiger partial charge in [-0.2, -0.15) is 0 Å². The first-order chi connectivity index (χ1) is 9.60. The van der Waals surface area contributed by atoms with Gasteiger partial charge in [-0.25, -0.2) is 0 Å². The standard InChI is InChI=1S/C16H23NO3/c1-2-3-11-4-6-12(7-5-11)17-16(20)14-10-13(18)8-9-15(14)19/h8-12,18-19H,2-7H2,1H3,(H,17,20). The molecule has 20 heavy (non-hydrogen) atoms. The Kier molecular flexibility index (Phi) is 4.88. The molecule has 0 heterocycles. The summed E-state index contributed by atoms with van der Waals surface area (Å²) in [5, 5.41) is 22.0. The zero-order chi connectivity index (χ0) is 14.5. The maximum absolute atomic E-state index is 12.1. The van der Waals surface area contributed by atoms with Gasteiger partial charge in [0.15, 0.2) is 0 Å². The van der Waals surface area contributed by atoms with E-state index in [4.69, 9.17) is 0 Å². The van der Waals surface area contributed by atoms with Crippen LogP contribution in [0, 0.1) is 5.92 Å². The second-order valence-corrected chi connectivity index (χ2v) is 5.68. The van der Waals surface area contributed by atoms with Gasteiger partial charge in [0.25, 0.3) is 5.91 Å². The van der Waals surface area contributed by atoms with Gasteiger partial charge in [0.1, 0.15) is 11.5 Å². The quantitative estimate of drug-likeness (QED) is 0.740.